The molecule has 0 saturated carbocycles. The number of aromatic nitrogens is 2. The van der Waals surface area contributed by atoms with E-state index in [0.717, 1.165) is 23.5 Å². The van der Waals surface area contributed by atoms with Crippen LogP contribution in [-0.4, -0.2) is 38.7 Å². The number of fused-ring (bicyclic) bond motifs is 1. The van der Waals surface area contributed by atoms with Crippen molar-refractivity contribution in [3.05, 3.63) is 65.5 Å². The van der Waals surface area contributed by atoms with Gasteiger partial charge in [0.15, 0.2) is 5.82 Å². The number of benzene rings is 1. The van der Waals surface area contributed by atoms with Crippen molar-refractivity contribution >= 4 is 54.9 Å². The Kier molecular flexibility index (Phi) is 6.62. The molecule has 0 spiro atoms. The van der Waals surface area contributed by atoms with Crippen molar-refractivity contribution in [2.24, 2.45) is 0 Å². The van der Waals surface area contributed by atoms with Crippen molar-refractivity contribution in [1.82, 2.24) is 9.97 Å². The summed E-state index contributed by atoms with van der Waals surface area (Å²) in [6.45, 7) is 1.63. The second-order valence-corrected chi connectivity index (χ2v) is 11.3. The Balaban J connectivity index is 1.77. The van der Waals surface area contributed by atoms with Gasteiger partial charge in [-0.1, -0.05) is 6.92 Å². The van der Waals surface area contributed by atoms with Crippen LogP contribution in [0.1, 0.15) is 29.3 Å². The molecular weight excluding hydrogens is 508 g/mol. The third-order valence-electron chi connectivity index (χ3n) is 4.86. The minimum Gasteiger partial charge on any atom is -0.768 e. The first kappa shape index (κ1) is 24.1. The van der Waals surface area contributed by atoms with Crippen LogP contribution in [0.5, 0.6) is 0 Å². The van der Waals surface area contributed by atoms with Crippen LogP contribution >= 0.6 is 11.3 Å². The van der Waals surface area contributed by atoms with Crippen LogP contribution in [0.4, 0.5) is 14.5 Å². The Morgan fingerprint density at radius 2 is 2.03 bits per heavy atom. The molecule has 1 atom stereocenters. The summed E-state index contributed by atoms with van der Waals surface area (Å²) in [7, 11) is -3.87. The van der Waals surface area contributed by atoms with Crippen molar-refractivity contribution in [3.63, 3.8) is 0 Å². The molecule has 3 heterocycles. The highest BCUT2D eigenvalue weighted by Crippen LogP contribution is 2.33. The number of nitrogens with zero attached hydrogens (tertiary/aromatic N) is 1. The molecule has 0 aliphatic carbocycles. The molecule has 1 aromatic carbocycles. The molecule has 0 radical (unpaired) electrons. The van der Waals surface area contributed by atoms with Crippen molar-refractivity contribution in [1.29, 1.82) is 0 Å². The van der Waals surface area contributed by atoms with E-state index < -0.39 is 49.8 Å². The number of pyridine rings is 1. The quantitative estimate of drug-likeness (QED) is 0.262. The number of hydrogen-bond acceptors (Lipinski definition) is 7. The monoisotopic (exact) mass is 524 g/mol. The van der Waals surface area contributed by atoms with Crippen LogP contribution in [0, 0.1) is 11.6 Å². The highest BCUT2D eigenvalue weighted by Gasteiger charge is 2.26. The van der Waals surface area contributed by atoms with Gasteiger partial charge in [-0.05, 0) is 47.8 Å². The van der Waals surface area contributed by atoms with Gasteiger partial charge in [0.1, 0.15) is 11.5 Å². The predicted molar refractivity (Wildman–Crippen MR) is 124 cm³/mol. The Hall–Kier alpha value is -3.00. The summed E-state index contributed by atoms with van der Waals surface area (Å²) in [6, 6.07) is 6.29. The SMILES string of the molecule is CCCS(=O)(=O)Nc1ccc(F)c(C(=O)c2c[nH]c3ncc(-c4ccc(S(=O)[O-])s4)cc23)c1F. The highest BCUT2D eigenvalue weighted by molar-refractivity contribution is 7.92. The molecule has 4 rings (SSSR count). The summed E-state index contributed by atoms with van der Waals surface area (Å²) in [5.41, 5.74) is -0.751. The van der Waals surface area contributed by atoms with E-state index in [1.165, 1.54) is 18.5 Å². The van der Waals surface area contributed by atoms with Gasteiger partial charge < -0.3 is 9.54 Å². The Morgan fingerprint density at radius 1 is 1.26 bits per heavy atom. The molecule has 0 aliphatic heterocycles. The fourth-order valence-electron chi connectivity index (χ4n) is 3.35. The van der Waals surface area contributed by atoms with E-state index in [4.69, 9.17) is 0 Å². The van der Waals surface area contributed by atoms with Crippen LogP contribution < -0.4 is 4.72 Å². The van der Waals surface area contributed by atoms with Crippen molar-refractivity contribution in [3.8, 4) is 10.4 Å². The van der Waals surface area contributed by atoms with E-state index in [1.54, 1.807) is 19.1 Å². The third kappa shape index (κ3) is 4.64. The zero-order valence-corrected chi connectivity index (χ0v) is 19.9. The lowest BCUT2D eigenvalue weighted by Gasteiger charge is -2.11. The van der Waals surface area contributed by atoms with Gasteiger partial charge in [0.2, 0.25) is 15.8 Å². The molecule has 2 N–H and O–H groups in total. The molecule has 0 aliphatic rings. The number of nitrogens with one attached hydrogen (secondary N) is 2. The molecule has 0 amide bonds. The van der Waals surface area contributed by atoms with Crippen LogP contribution in [0.2, 0.25) is 0 Å². The maximum atomic E-state index is 15.1. The van der Waals surface area contributed by atoms with Crippen LogP contribution in [0.3, 0.4) is 0 Å². The number of hydrogen-bond donors (Lipinski definition) is 2. The fraction of sp³-hybridized carbons (Fsp3) is 0.143. The number of thiophene rings is 1. The molecule has 0 saturated heterocycles. The van der Waals surface area contributed by atoms with Gasteiger partial charge in [0, 0.05) is 33.8 Å². The zero-order chi connectivity index (χ0) is 24.6. The van der Waals surface area contributed by atoms with Crippen molar-refractivity contribution in [2.75, 3.05) is 10.5 Å². The lowest BCUT2D eigenvalue weighted by atomic mass is 10.0. The molecule has 0 bridgehead atoms. The average Bonchev–Trinajstić information content (AvgIpc) is 3.42. The lowest BCUT2D eigenvalue weighted by Crippen LogP contribution is -2.18. The summed E-state index contributed by atoms with van der Waals surface area (Å²) in [4.78, 5) is 20.7. The lowest BCUT2D eigenvalue weighted by molar-refractivity contribution is 0.103. The Bertz CT molecular complexity index is 1550. The molecule has 8 nitrogen and oxygen atoms in total. The van der Waals surface area contributed by atoms with Crippen LogP contribution in [-0.2, 0) is 21.1 Å². The number of carbonyl (C=O) groups is 1. The fourth-order valence-corrected chi connectivity index (χ4v) is 5.92. The molecule has 4 aromatic rings. The Labute approximate surface area is 199 Å². The van der Waals surface area contributed by atoms with Gasteiger partial charge in [-0.2, -0.15) is 0 Å². The number of sulfonamides is 1. The van der Waals surface area contributed by atoms with Crippen LogP contribution in [0.15, 0.2) is 46.9 Å². The summed E-state index contributed by atoms with van der Waals surface area (Å²) in [5, 5.41) is 0.261. The molecule has 178 valence electrons. The first-order chi connectivity index (χ1) is 16.1. The molecular formula is C21H16F2N3O5S3-. The largest absolute Gasteiger partial charge is 0.768 e. The zero-order valence-electron chi connectivity index (χ0n) is 17.4. The van der Waals surface area contributed by atoms with E-state index in [-0.39, 0.29) is 33.0 Å². The standard InChI is InChI=1S/C21H17F2N3O5S3/c1-2-7-34(30,31)26-15-4-3-14(22)18(19(15)23)20(27)13-10-25-21-12(13)8-11(9-24-21)16-5-6-17(32-16)33(28)29/h3-6,8-10,26H,2,7H2,1H3,(H,24,25)(H,28,29)/p-1. The van der Waals surface area contributed by atoms with Gasteiger partial charge >= 0.3 is 0 Å². The normalized spacial score (nSPS) is 12.7. The maximum Gasteiger partial charge on any atom is 0.232 e. The third-order valence-corrected chi connectivity index (χ3v) is 8.39. The number of anilines is 1. The number of aromatic amines is 1. The number of H-pyrrole nitrogens is 1. The van der Waals surface area contributed by atoms with Gasteiger partial charge in [0.25, 0.3) is 0 Å². The van der Waals surface area contributed by atoms with Gasteiger partial charge in [-0.3, -0.25) is 13.7 Å². The molecule has 34 heavy (non-hydrogen) atoms. The predicted octanol–water partition coefficient (Wildman–Crippen LogP) is 4.19. The molecule has 3 aromatic heterocycles. The first-order valence-corrected chi connectivity index (χ1v) is 13.4. The summed E-state index contributed by atoms with van der Waals surface area (Å²) in [5.74, 6) is -3.76. The van der Waals surface area contributed by atoms with Gasteiger partial charge in [0.05, 0.1) is 21.2 Å². The van der Waals surface area contributed by atoms with E-state index in [9.17, 15) is 26.4 Å². The second-order valence-electron chi connectivity index (χ2n) is 7.21. The van der Waals surface area contributed by atoms with Gasteiger partial charge in [-0.15, -0.1) is 11.3 Å². The molecule has 13 heteroatoms. The molecule has 1 unspecified atom stereocenters. The minimum atomic E-state index is -3.87. The highest BCUT2D eigenvalue weighted by atomic mass is 32.2. The summed E-state index contributed by atoms with van der Waals surface area (Å²) >= 11 is -1.40. The number of halogens is 2. The van der Waals surface area contributed by atoms with E-state index in [1.807, 2.05) is 4.72 Å². The maximum absolute atomic E-state index is 15.1. The molecule has 0 fully saturated rings. The second kappa shape index (κ2) is 9.33. The van der Waals surface area contributed by atoms with E-state index in [2.05, 4.69) is 9.97 Å². The minimum absolute atomic E-state index is 0.0834. The number of carbonyl (C=O) groups excluding carboxylic acids is 1. The van der Waals surface area contributed by atoms with Crippen LogP contribution in [0.25, 0.3) is 21.5 Å². The topological polar surface area (TPSA) is 132 Å². The number of ketones is 1. The summed E-state index contributed by atoms with van der Waals surface area (Å²) < 4.78 is 78.2. The first-order valence-electron chi connectivity index (χ1n) is 9.81. The Morgan fingerprint density at radius 3 is 2.71 bits per heavy atom. The summed E-state index contributed by atoms with van der Waals surface area (Å²) in [6.07, 6.45) is 3.01. The van der Waals surface area contributed by atoms with Crippen molar-refractivity contribution < 1.29 is 30.8 Å². The van der Waals surface area contributed by atoms with Gasteiger partial charge in [-0.25, -0.2) is 22.2 Å². The number of rotatable bonds is 8. The van der Waals surface area contributed by atoms with E-state index >= 15 is 4.39 Å². The average molecular weight is 525 g/mol. The van der Waals surface area contributed by atoms with Crippen molar-refractivity contribution in [2.45, 2.75) is 17.6 Å². The van der Waals surface area contributed by atoms with E-state index in [0.29, 0.717) is 10.4 Å². The smallest absolute Gasteiger partial charge is 0.232 e.